The highest BCUT2D eigenvalue weighted by Crippen LogP contribution is 2.35. The molecule has 0 bridgehead atoms. The van der Waals surface area contributed by atoms with Crippen LogP contribution in [0.2, 0.25) is 0 Å². The summed E-state index contributed by atoms with van der Waals surface area (Å²) < 4.78 is 5.75. The standard InChI is InChI=1S/C17H21NOS/c1-12(2)17(16-8-5-11-20-16)18-14-9-10-19-15-7-4-3-6-13(14)15/h3-8,11-12,14,17-18H,9-10H2,1-2H3. The summed E-state index contributed by atoms with van der Waals surface area (Å²) in [5.41, 5.74) is 1.29. The second-order valence-electron chi connectivity index (χ2n) is 5.63. The third-order valence-corrected chi connectivity index (χ3v) is 4.81. The van der Waals surface area contributed by atoms with E-state index in [0.29, 0.717) is 18.0 Å². The summed E-state index contributed by atoms with van der Waals surface area (Å²) in [4.78, 5) is 1.42. The van der Waals surface area contributed by atoms with Gasteiger partial charge in [-0.3, -0.25) is 0 Å². The Kier molecular flexibility index (Phi) is 4.08. The van der Waals surface area contributed by atoms with Gasteiger partial charge in [0.2, 0.25) is 0 Å². The van der Waals surface area contributed by atoms with E-state index >= 15 is 0 Å². The number of hydrogen-bond acceptors (Lipinski definition) is 3. The summed E-state index contributed by atoms with van der Waals surface area (Å²) in [6.45, 7) is 5.36. The van der Waals surface area contributed by atoms with E-state index in [2.05, 4.69) is 54.9 Å². The quantitative estimate of drug-likeness (QED) is 0.890. The van der Waals surface area contributed by atoms with Crippen molar-refractivity contribution in [2.24, 2.45) is 5.92 Å². The summed E-state index contributed by atoms with van der Waals surface area (Å²) in [5, 5.41) is 6.00. The molecule has 1 N–H and O–H groups in total. The summed E-state index contributed by atoms with van der Waals surface area (Å²) in [5.74, 6) is 1.61. The molecule has 3 heteroatoms. The van der Waals surface area contributed by atoms with Gasteiger partial charge in [0.1, 0.15) is 5.75 Å². The Hall–Kier alpha value is -1.32. The topological polar surface area (TPSA) is 21.3 Å². The zero-order chi connectivity index (χ0) is 13.9. The summed E-state index contributed by atoms with van der Waals surface area (Å²) in [6.07, 6.45) is 1.03. The molecule has 0 saturated heterocycles. The average molecular weight is 287 g/mol. The Morgan fingerprint density at radius 3 is 2.80 bits per heavy atom. The first-order valence-corrected chi connectivity index (χ1v) is 8.15. The highest BCUT2D eigenvalue weighted by Gasteiger charge is 2.26. The number of hydrogen-bond donors (Lipinski definition) is 1. The van der Waals surface area contributed by atoms with E-state index in [4.69, 9.17) is 4.74 Å². The van der Waals surface area contributed by atoms with E-state index in [0.717, 1.165) is 18.8 Å². The monoisotopic (exact) mass is 287 g/mol. The Bertz CT molecular complexity index is 550. The molecule has 0 fully saturated rings. The molecule has 0 amide bonds. The van der Waals surface area contributed by atoms with Gasteiger partial charge in [-0.15, -0.1) is 11.3 Å². The van der Waals surface area contributed by atoms with Crippen molar-refractivity contribution in [1.29, 1.82) is 0 Å². The van der Waals surface area contributed by atoms with Crippen LogP contribution < -0.4 is 10.1 Å². The van der Waals surface area contributed by atoms with Crippen LogP contribution in [0.1, 0.15) is 42.8 Å². The maximum Gasteiger partial charge on any atom is 0.124 e. The molecule has 2 heterocycles. The van der Waals surface area contributed by atoms with Gasteiger partial charge in [-0.1, -0.05) is 38.1 Å². The van der Waals surface area contributed by atoms with Gasteiger partial charge >= 0.3 is 0 Å². The molecule has 1 aliphatic rings. The smallest absolute Gasteiger partial charge is 0.124 e. The first kappa shape index (κ1) is 13.7. The van der Waals surface area contributed by atoms with E-state index in [-0.39, 0.29) is 0 Å². The Balaban J connectivity index is 1.83. The molecule has 2 nitrogen and oxygen atoms in total. The fourth-order valence-corrected chi connectivity index (χ4v) is 3.76. The molecular formula is C17H21NOS. The van der Waals surface area contributed by atoms with Crippen LogP contribution in [0.25, 0.3) is 0 Å². The van der Waals surface area contributed by atoms with Gasteiger partial charge in [-0.05, 0) is 23.4 Å². The number of thiophene rings is 1. The molecule has 2 atom stereocenters. The van der Waals surface area contributed by atoms with Crippen molar-refractivity contribution in [2.45, 2.75) is 32.4 Å². The number of rotatable bonds is 4. The molecule has 0 radical (unpaired) electrons. The van der Waals surface area contributed by atoms with Crippen LogP contribution in [0.15, 0.2) is 41.8 Å². The number of ether oxygens (including phenoxy) is 1. The van der Waals surface area contributed by atoms with Crippen molar-refractivity contribution in [3.05, 3.63) is 52.2 Å². The number of fused-ring (bicyclic) bond motifs is 1. The number of nitrogens with one attached hydrogen (secondary N) is 1. The van der Waals surface area contributed by atoms with Gasteiger partial charge in [0.25, 0.3) is 0 Å². The lowest BCUT2D eigenvalue weighted by molar-refractivity contribution is 0.235. The molecule has 2 unspecified atom stereocenters. The van der Waals surface area contributed by atoms with Crippen LogP contribution in [0.5, 0.6) is 5.75 Å². The first-order chi connectivity index (χ1) is 9.75. The van der Waals surface area contributed by atoms with Gasteiger partial charge in [0.15, 0.2) is 0 Å². The maximum atomic E-state index is 5.75. The number of benzene rings is 1. The molecule has 106 valence electrons. The fourth-order valence-electron chi connectivity index (χ4n) is 2.80. The van der Waals surface area contributed by atoms with Crippen LogP contribution in [-0.4, -0.2) is 6.61 Å². The van der Waals surface area contributed by atoms with Gasteiger partial charge in [0.05, 0.1) is 6.61 Å². The molecule has 2 aromatic rings. The van der Waals surface area contributed by atoms with Crippen LogP contribution in [0.3, 0.4) is 0 Å². The molecule has 20 heavy (non-hydrogen) atoms. The van der Waals surface area contributed by atoms with E-state index < -0.39 is 0 Å². The minimum absolute atomic E-state index is 0.384. The number of para-hydroxylation sites is 1. The summed E-state index contributed by atoms with van der Waals surface area (Å²) >= 11 is 1.84. The van der Waals surface area contributed by atoms with Crippen molar-refractivity contribution in [2.75, 3.05) is 6.61 Å². The van der Waals surface area contributed by atoms with Gasteiger partial charge < -0.3 is 10.1 Å². The summed E-state index contributed by atoms with van der Waals surface area (Å²) in [6, 6.07) is 13.5. The Morgan fingerprint density at radius 1 is 1.20 bits per heavy atom. The van der Waals surface area contributed by atoms with Crippen molar-refractivity contribution in [3.63, 3.8) is 0 Å². The fraction of sp³-hybridized carbons (Fsp3) is 0.412. The Morgan fingerprint density at radius 2 is 2.05 bits per heavy atom. The third-order valence-electron chi connectivity index (χ3n) is 3.86. The predicted octanol–water partition coefficient (Wildman–Crippen LogP) is 4.56. The first-order valence-electron chi connectivity index (χ1n) is 7.27. The van der Waals surface area contributed by atoms with Crippen molar-refractivity contribution in [3.8, 4) is 5.75 Å². The minimum atomic E-state index is 0.384. The van der Waals surface area contributed by atoms with E-state index in [9.17, 15) is 0 Å². The van der Waals surface area contributed by atoms with E-state index in [1.165, 1.54) is 10.4 Å². The second kappa shape index (κ2) is 5.98. The highest BCUT2D eigenvalue weighted by atomic mass is 32.1. The van der Waals surface area contributed by atoms with Gasteiger partial charge in [0, 0.05) is 28.9 Å². The van der Waals surface area contributed by atoms with Crippen LogP contribution in [-0.2, 0) is 0 Å². The largest absolute Gasteiger partial charge is 0.493 e. The van der Waals surface area contributed by atoms with Crippen LogP contribution in [0, 0.1) is 5.92 Å². The molecule has 0 saturated carbocycles. The predicted molar refractivity (Wildman–Crippen MR) is 84.3 cm³/mol. The molecule has 1 aliphatic heterocycles. The molecular weight excluding hydrogens is 266 g/mol. The zero-order valence-electron chi connectivity index (χ0n) is 12.0. The lowest BCUT2D eigenvalue weighted by atomic mass is 9.96. The van der Waals surface area contributed by atoms with Crippen LogP contribution in [0.4, 0.5) is 0 Å². The zero-order valence-corrected chi connectivity index (χ0v) is 12.8. The average Bonchev–Trinajstić information content (AvgIpc) is 2.98. The van der Waals surface area contributed by atoms with E-state index in [1.807, 2.05) is 17.4 Å². The van der Waals surface area contributed by atoms with Crippen LogP contribution >= 0.6 is 11.3 Å². The SMILES string of the molecule is CC(C)C(NC1CCOc2ccccc21)c1cccs1. The van der Waals surface area contributed by atoms with Gasteiger partial charge in [-0.2, -0.15) is 0 Å². The second-order valence-corrected chi connectivity index (χ2v) is 6.61. The lowest BCUT2D eigenvalue weighted by Gasteiger charge is -2.32. The molecule has 0 aliphatic carbocycles. The van der Waals surface area contributed by atoms with Crippen molar-refractivity contribution >= 4 is 11.3 Å². The molecule has 1 aromatic carbocycles. The maximum absolute atomic E-state index is 5.75. The molecule has 1 aromatic heterocycles. The van der Waals surface area contributed by atoms with Crippen molar-refractivity contribution in [1.82, 2.24) is 5.32 Å². The molecule has 3 rings (SSSR count). The van der Waals surface area contributed by atoms with Gasteiger partial charge in [-0.25, -0.2) is 0 Å². The minimum Gasteiger partial charge on any atom is -0.493 e. The third kappa shape index (κ3) is 2.74. The van der Waals surface area contributed by atoms with Crippen molar-refractivity contribution < 1.29 is 4.74 Å². The Labute approximate surface area is 124 Å². The molecule has 0 spiro atoms. The van der Waals surface area contributed by atoms with E-state index in [1.54, 1.807) is 0 Å². The highest BCUT2D eigenvalue weighted by molar-refractivity contribution is 7.10. The lowest BCUT2D eigenvalue weighted by Crippen LogP contribution is -2.32. The summed E-state index contributed by atoms with van der Waals surface area (Å²) in [7, 11) is 0. The normalized spacial score (nSPS) is 19.4.